The SMILES string of the molecule is COc1cc2c(cc1OC)C(Cc1ccc(OCc3ccccc3)cc1)=NCC2. The van der Waals surface area contributed by atoms with E-state index in [2.05, 4.69) is 30.3 Å². The molecule has 0 amide bonds. The lowest BCUT2D eigenvalue weighted by molar-refractivity contribution is 0.306. The van der Waals surface area contributed by atoms with Crippen molar-refractivity contribution in [3.8, 4) is 17.2 Å². The molecular weight excluding hydrogens is 362 g/mol. The Morgan fingerprint density at radius 1 is 0.828 bits per heavy atom. The van der Waals surface area contributed by atoms with Crippen molar-refractivity contribution in [3.05, 3.63) is 89.0 Å². The summed E-state index contributed by atoms with van der Waals surface area (Å²) in [6.45, 7) is 1.37. The fourth-order valence-corrected chi connectivity index (χ4v) is 3.58. The van der Waals surface area contributed by atoms with Crippen LogP contribution in [-0.2, 0) is 19.4 Å². The molecular formula is C25H25NO3. The molecule has 29 heavy (non-hydrogen) atoms. The minimum atomic E-state index is 0.571. The highest BCUT2D eigenvalue weighted by atomic mass is 16.5. The monoisotopic (exact) mass is 387 g/mol. The zero-order valence-electron chi connectivity index (χ0n) is 16.9. The van der Waals surface area contributed by atoms with E-state index in [0.29, 0.717) is 6.61 Å². The third kappa shape index (κ3) is 4.43. The molecule has 4 heteroatoms. The van der Waals surface area contributed by atoms with Gasteiger partial charge >= 0.3 is 0 Å². The minimum absolute atomic E-state index is 0.571. The average molecular weight is 387 g/mol. The van der Waals surface area contributed by atoms with Crippen LogP contribution in [0.5, 0.6) is 17.2 Å². The summed E-state index contributed by atoms with van der Waals surface area (Å²) < 4.78 is 16.8. The third-order valence-electron chi connectivity index (χ3n) is 5.15. The van der Waals surface area contributed by atoms with Crippen molar-refractivity contribution < 1.29 is 14.2 Å². The number of hydrogen-bond acceptors (Lipinski definition) is 4. The van der Waals surface area contributed by atoms with Crippen LogP contribution in [0.3, 0.4) is 0 Å². The van der Waals surface area contributed by atoms with Gasteiger partial charge in [0.05, 0.1) is 14.2 Å². The van der Waals surface area contributed by atoms with Crippen molar-refractivity contribution in [3.63, 3.8) is 0 Å². The highest BCUT2D eigenvalue weighted by Crippen LogP contribution is 2.33. The van der Waals surface area contributed by atoms with Gasteiger partial charge in [0.1, 0.15) is 12.4 Å². The van der Waals surface area contributed by atoms with E-state index in [-0.39, 0.29) is 0 Å². The molecule has 3 aromatic carbocycles. The van der Waals surface area contributed by atoms with Crippen molar-refractivity contribution in [2.45, 2.75) is 19.4 Å². The van der Waals surface area contributed by atoms with Gasteiger partial charge in [-0.3, -0.25) is 4.99 Å². The molecule has 4 rings (SSSR count). The zero-order chi connectivity index (χ0) is 20.1. The minimum Gasteiger partial charge on any atom is -0.493 e. The van der Waals surface area contributed by atoms with Crippen molar-refractivity contribution in [1.82, 2.24) is 0 Å². The van der Waals surface area contributed by atoms with Gasteiger partial charge < -0.3 is 14.2 Å². The first kappa shape index (κ1) is 19.1. The Bertz CT molecular complexity index is 995. The van der Waals surface area contributed by atoms with Crippen LogP contribution in [0.4, 0.5) is 0 Å². The summed E-state index contributed by atoms with van der Waals surface area (Å²) in [5, 5.41) is 0. The molecule has 0 saturated heterocycles. The lowest BCUT2D eigenvalue weighted by Crippen LogP contribution is -2.16. The van der Waals surface area contributed by atoms with Gasteiger partial charge in [0, 0.05) is 24.2 Å². The molecule has 0 aromatic heterocycles. The first-order valence-electron chi connectivity index (χ1n) is 9.81. The maximum absolute atomic E-state index is 5.89. The molecule has 0 radical (unpaired) electrons. The molecule has 0 saturated carbocycles. The van der Waals surface area contributed by atoms with Gasteiger partial charge in [0.2, 0.25) is 0 Å². The summed E-state index contributed by atoms with van der Waals surface area (Å²) in [4.78, 5) is 4.78. The number of nitrogens with zero attached hydrogens (tertiary/aromatic N) is 1. The van der Waals surface area contributed by atoms with Gasteiger partial charge in [0.25, 0.3) is 0 Å². The first-order valence-corrected chi connectivity index (χ1v) is 9.81. The van der Waals surface area contributed by atoms with Gasteiger partial charge in [-0.15, -0.1) is 0 Å². The van der Waals surface area contributed by atoms with Crippen molar-refractivity contribution in [2.24, 2.45) is 4.99 Å². The molecule has 0 fully saturated rings. The van der Waals surface area contributed by atoms with E-state index in [4.69, 9.17) is 19.2 Å². The predicted octanol–water partition coefficient (Wildman–Crippen LogP) is 4.87. The quantitative estimate of drug-likeness (QED) is 0.581. The molecule has 3 aromatic rings. The number of fused-ring (bicyclic) bond motifs is 1. The van der Waals surface area contributed by atoms with E-state index in [9.17, 15) is 0 Å². The Hall–Kier alpha value is -3.27. The average Bonchev–Trinajstić information content (AvgIpc) is 2.78. The van der Waals surface area contributed by atoms with Crippen molar-refractivity contribution >= 4 is 5.71 Å². The van der Waals surface area contributed by atoms with E-state index in [1.165, 1.54) is 11.1 Å². The third-order valence-corrected chi connectivity index (χ3v) is 5.15. The second-order valence-corrected chi connectivity index (χ2v) is 7.04. The van der Waals surface area contributed by atoms with E-state index >= 15 is 0 Å². The molecule has 1 aliphatic heterocycles. The number of methoxy groups -OCH3 is 2. The molecule has 0 spiro atoms. The molecule has 0 bridgehead atoms. The summed E-state index contributed by atoms with van der Waals surface area (Å²) in [6.07, 6.45) is 1.70. The second kappa shape index (κ2) is 8.82. The molecule has 0 aliphatic carbocycles. The van der Waals surface area contributed by atoms with Gasteiger partial charge in [-0.1, -0.05) is 42.5 Å². The summed E-state index contributed by atoms with van der Waals surface area (Å²) in [6, 6.07) is 22.6. The van der Waals surface area contributed by atoms with E-state index in [0.717, 1.165) is 53.5 Å². The van der Waals surface area contributed by atoms with Crippen LogP contribution in [0.1, 0.15) is 22.3 Å². The normalized spacial score (nSPS) is 12.7. The Kier molecular flexibility index (Phi) is 5.80. The predicted molar refractivity (Wildman–Crippen MR) is 116 cm³/mol. The lowest BCUT2D eigenvalue weighted by atomic mass is 9.93. The molecule has 1 heterocycles. The maximum atomic E-state index is 5.89. The van der Waals surface area contributed by atoms with Gasteiger partial charge in [0.15, 0.2) is 11.5 Å². The fourth-order valence-electron chi connectivity index (χ4n) is 3.58. The van der Waals surface area contributed by atoms with E-state index in [1.54, 1.807) is 14.2 Å². The van der Waals surface area contributed by atoms with Gasteiger partial charge in [-0.2, -0.15) is 0 Å². The smallest absolute Gasteiger partial charge is 0.161 e. The maximum Gasteiger partial charge on any atom is 0.161 e. The number of benzene rings is 3. The summed E-state index contributed by atoms with van der Waals surface area (Å²) >= 11 is 0. The largest absolute Gasteiger partial charge is 0.493 e. The fraction of sp³-hybridized carbons (Fsp3) is 0.240. The number of ether oxygens (including phenoxy) is 3. The molecule has 4 nitrogen and oxygen atoms in total. The summed E-state index contributed by atoms with van der Waals surface area (Å²) in [7, 11) is 3.33. The molecule has 148 valence electrons. The van der Waals surface area contributed by atoms with E-state index in [1.807, 2.05) is 36.4 Å². The van der Waals surface area contributed by atoms with Crippen LogP contribution < -0.4 is 14.2 Å². The number of rotatable bonds is 7. The van der Waals surface area contributed by atoms with Crippen molar-refractivity contribution in [2.75, 3.05) is 20.8 Å². The van der Waals surface area contributed by atoms with Crippen LogP contribution in [-0.4, -0.2) is 26.5 Å². The summed E-state index contributed by atoms with van der Waals surface area (Å²) in [5.74, 6) is 2.38. The van der Waals surface area contributed by atoms with Gasteiger partial charge in [-0.25, -0.2) is 0 Å². The lowest BCUT2D eigenvalue weighted by Gasteiger charge is -2.20. The van der Waals surface area contributed by atoms with Crippen LogP contribution in [0.25, 0.3) is 0 Å². The highest BCUT2D eigenvalue weighted by molar-refractivity contribution is 6.04. The van der Waals surface area contributed by atoms with Gasteiger partial charge in [-0.05, 0) is 47.4 Å². The molecule has 0 N–H and O–H groups in total. The molecule has 0 unspecified atom stereocenters. The van der Waals surface area contributed by atoms with Crippen LogP contribution in [0.15, 0.2) is 71.7 Å². The summed E-state index contributed by atoms with van der Waals surface area (Å²) in [5.41, 5.74) is 5.87. The van der Waals surface area contributed by atoms with Crippen LogP contribution >= 0.6 is 0 Å². The Balaban J connectivity index is 1.46. The highest BCUT2D eigenvalue weighted by Gasteiger charge is 2.18. The first-order chi connectivity index (χ1) is 14.3. The Labute approximate surface area is 171 Å². The standard InChI is InChI=1S/C25H25NO3/c1-27-24-15-20-12-13-26-23(22(20)16-25(24)28-2)14-18-8-10-21(11-9-18)29-17-19-6-4-3-5-7-19/h3-11,15-16H,12-14,17H2,1-2H3. The van der Waals surface area contributed by atoms with Crippen LogP contribution in [0.2, 0.25) is 0 Å². The Morgan fingerprint density at radius 3 is 2.28 bits per heavy atom. The van der Waals surface area contributed by atoms with Crippen LogP contribution in [0, 0.1) is 0 Å². The molecule has 1 aliphatic rings. The second-order valence-electron chi connectivity index (χ2n) is 7.04. The number of aliphatic imine (C=N–C) groups is 1. The number of hydrogen-bond donors (Lipinski definition) is 0. The van der Waals surface area contributed by atoms with Crippen molar-refractivity contribution in [1.29, 1.82) is 0 Å². The topological polar surface area (TPSA) is 40.0 Å². The zero-order valence-corrected chi connectivity index (χ0v) is 16.9. The molecule has 0 atom stereocenters. The Morgan fingerprint density at radius 2 is 1.55 bits per heavy atom. The van der Waals surface area contributed by atoms with E-state index < -0.39 is 0 Å².